The van der Waals surface area contributed by atoms with Gasteiger partial charge in [0, 0.05) is 6.54 Å². The van der Waals surface area contributed by atoms with E-state index >= 15 is 0 Å². The fourth-order valence-corrected chi connectivity index (χ4v) is 2.92. The van der Waals surface area contributed by atoms with Gasteiger partial charge >= 0.3 is 0 Å². The number of hydrogen-bond donors (Lipinski definition) is 1. The molecule has 0 radical (unpaired) electrons. The second kappa shape index (κ2) is 7.71. The lowest BCUT2D eigenvalue weighted by molar-refractivity contribution is -0.0316. The van der Waals surface area contributed by atoms with Gasteiger partial charge in [0.15, 0.2) is 0 Å². The van der Waals surface area contributed by atoms with Crippen LogP contribution in [0.15, 0.2) is 22.8 Å². The van der Waals surface area contributed by atoms with Gasteiger partial charge in [0.1, 0.15) is 5.76 Å². The van der Waals surface area contributed by atoms with E-state index in [-0.39, 0.29) is 6.10 Å². The summed E-state index contributed by atoms with van der Waals surface area (Å²) in [5.41, 5.74) is 0. The van der Waals surface area contributed by atoms with Crippen molar-refractivity contribution in [2.75, 3.05) is 6.54 Å². The average molecular weight is 265 g/mol. The summed E-state index contributed by atoms with van der Waals surface area (Å²) in [5, 5.41) is 3.38. The molecular weight excluding hydrogens is 238 g/mol. The largest absolute Gasteiger partial charge is 0.468 e. The van der Waals surface area contributed by atoms with Crippen LogP contribution in [0.2, 0.25) is 0 Å². The van der Waals surface area contributed by atoms with Crippen LogP contribution in [0.5, 0.6) is 0 Å². The second-order valence-electron chi connectivity index (χ2n) is 5.72. The highest BCUT2D eigenvalue weighted by Gasteiger charge is 2.22. The van der Waals surface area contributed by atoms with Gasteiger partial charge in [0.05, 0.1) is 25.0 Å². The van der Waals surface area contributed by atoms with Crippen LogP contribution in [0.25, 0.3) is 0 Å². The highest BCUT2D eigenvalue weighted by atomic mass is 16.5. The summed E-state index contributed by atoms with van der Waals surface area (Å²) in [6.45, 7) is 6.11. The van der Waals surface area contributed by atoms with Crippen LogP contribution in [-0.4, -0.2) is 18.8 Å². The van der Waals surface area contributed by atoms with E-state index in [1.165, 1.54) is 32.1 Å². The Bertz CT molecular complexity index is 337. The maximum Gasteiger partial charge on any atom is 0.117 e. The molecule has 3 unspecified atom stereocenters. The van der Waals surface area contributed by atoms with Crippen molar-refractivity contribution in [2.24, 2.45) is 5.92 Å². The van der Waals surface area contributed by atoms with Crippen LogP contribution < -0.4 is 5.32 Å². The zero-order valence-corrected chi connectivity index (χ0v) is 12.2. The molecule has 1 aliphatic rings. The molecule has 19 heavy (non-hydrogen) atoms. The van der Waals surface area contributed by atoms with Crippen molar-refractivity contribution in [3.05, 3.63) is 24.2 Å². The molecule has 1 aromatic heterocycles. The molecule has 0 saturated heterocycles. The Hall–Kier alpha value is -0.800. The second-order valence-corrected chi connectivity index (χ2v) is 5.72. The first-order valence-corrected chi connectivity index (χ1v) is 7.66. The van der Waals surface area contributed by atoms with Gasteiger partial charge in [0.25, 0.3) is 0 Å². The molecule has 1 N–H and O–H groups in total. The van der Waals surface area contributed by atoms with Gasteiger partial charge in [-0.3, -0.25) is 0 Å². The van der Waals surface area contributed by atoms with Crippen LogP contribution in [0.1, 0.15) is 51.7 Å². The first kappa shape index (κ1) is 14.6. The molecule has 1 aromatic rings. The minimum atomic E-state index is 0.274. The van der Waals surface area contributed by atoms with Gasteiger partial charge in [-0.1, -0.05) is 26.2 Å². The van der Waals surface area contributed by atoms with Crippen molar-refractivity contribution in [1.82, 2.24) is 5.32 Å². The third-order valence-corrected chi connectivity index (χ3v) is 4.05. The smallest absolute Gasteiger partial charge is 0.117 e. The molecule has 1 saturated carbocycles. The van der Waals surface area contributed by atoms with E-state index in [9.17, 15) is 0 Å². The van der Waals surface area contributed by atoms with Crippen LogP contribution in [0.3, 0.4) is 0 Å². The lowest BCUT2D eigenvalue weighted by atomic mass is 9.85. The quantitative estimate of drug-likeness (QED) is 0.815. The van der Waals surface area contributed by atoms with Gasteiger partial charge in [-0.15, -0.1) is 0 Å². The molecule has 0 aliphatic heterocycles. The maximum absolute atomic E-state index is 6.15. The third kappa shape index (κ3) is 5.00. The number of nitrogens with one attached hydrogen (secondary N) is 1. The Balaban J connectivity index is 1.62. The molecule has 0 spiro atoms. The summed E-state index contributed by atoms with van der Waals surface area (Å²) in [6.07, 6.45) is 8.96. The third-order valence-electron chi connectivity index (χ3n) is 4.05. The molecule has 0 amide bonds. The van der Waals surface area contributed by atoms with E-state index in [1.807, 2.05) is 12.1 Å². The SMILES string of the molecule is CCC1CCCC(OC(C)CNCc2ccco2)C1. The van der Waals surface area contributed by atoms with Crippen molar-refractivity contribution >= 4 is 0 Å². The van der Waals surface area contributed by atoms with Gasteiger partial charge in [-0.25, -0.2) is 0 Å². The predicted molar refractivity (Wildman–Crippen MR) is 77.0 cm³/mol. The van der Waals surface area contributed by atoms with Crippen LogP contribution >= 0.6 is 0 Å². The average Bonchev–Trinajstić information content (AvgIpc) is 2.92. The minimum Gasteiger partial charge on any atom is -0.468 e. The topological polar surface area (TPSA) is 34.4 Å². The van der Waals surface area contributed by atoms with Crippen molar-refractivity contribution in [3.63, 3.8) is 0 Å². The number of rotatable bonds is 7. The minimum absolute atomic E-state index is 0.274. The summed E-state index contributed by atoms with van der Waals surface area (Å²) in [4.78, 5) is 0. The van der Waals surface area contributed by atoms with E-state index in [4.69, 9.17) is 9.15 Å². The lowest BCUT2D eigenvalue weighted by Gasteiger charge is -2.30. The van der Waals surface area contributed by atoms with Crippen LogP contribution in [0.4, 0.5) is 0 Å². The van der Waals surface area contributed by atoms with E-state index < -0.39 is 0 Å². The van der Waals surface area contributed by atoms with Gasteiger partial charge in [-0.05, 0) is 37.8 Å². The summed E-state index contributed by atoms with van der Waals surface area (Å²) in [5.74, 6) is 1.86. The normalized spacial score (nSPS) is 25.4. The summed E-state index contributed by atoms with van der Waals surface area (Å²) in [6, 6.07) is 3.91. The Labute approximate surface area is 116 Å². The first-order valence-electron chi connectivity index (χ1n) is 7.66. The van der Waals surface area contributed by atoms with Crippen molar-refractivity contribution in [3.8, 4) is 0 Å². The molecule has 1 heterocycles. The van der Waals surface area contributed by atoms with Crippen LogP contribution in [-0.2, 0) is 11.3 Å². The Morgan fingerprint density at radius 1 is 1.47 bits per heavy atom. The maximum atomic E-state index is 6.15. The molecule has 3 nitrogen and oxygen atoms in total. The summed E-state index contributed by atoms with van der Waals surface area (Å²) in [7, 11) is 0. The van der Waals surface area contributed by atoms with E-state index in [1.54, 1.807) is 6.26 Å². The van der Waals surface area contributed by atoms with Crippen molar-refractivity contribution < 1.29 is 9.15 Å². The molecule has 1 aliphatic carbocycles. The number of ether oxygens (including phenoxy) is 1. The highest BCUT2D eigenvalue weighted by Crippen LogP contribution is 2.28. The van der Waals surface area contributed by atoms with Crippen molar-refractivity contribution in [1.29, 1.82) is 0 Å². The zero-order chi connectivity index (χ0) is 13.5. The van der Waals surface area contributed by atoms with Gasteiger partial charge in [0.2, 0.25) is 0 Å². The molecule has 3 heteroatoms. The molecule has 0 bridgehead atoms. The Morgan fingerprint density at radius 3 is 3.11 bits per heavy atom. The fraction of sp³-hybridized carbons (Fsp3) is 0.750. The molecule has 3 atom stereocenters. The van der Waals surface area contributed by atoms with Crippen LogP contribution in [0, 0.1) is 5.92 Å². The zero-order valence-electron chi connectivity index (χ0n) is 12.2. The predicted octanol–water partition coefficient (Wildman–Crippen LogP) is 3.74. The molecule has 1 fully saturated rings. The summed E-state index contributed by atoms with van der Waals surface area (Å²) < 4.78 is 11.4. The highest BCUT2D eigenvalue weighted by molar-refractivity contribution is 4.97. The monoisotopic (exact) mass is 265 g/mol. The van der Waals surface area contributed by atoms with Gasteiger partial charge in [-0.2, -0.15) is 0 Å². The Morgan fingerprint density at radius 2 is 2.37 bits per heavy atom. The Kier molecular flexibility index (Phi) is 5.93. The molecular formula is C16H27NO2. The summed E-state index contributed by atoms with van der Waals surface area (Å²) >= 11 is 0. The fourth-order valence-electron chi connectivity index (χ4n) is 2.92. The number of furan rings is 1. The molecule has 108 valence electrons. The van der Waals surface area contributed by atoms with Gasteiger partial charge < -0.3 is 14.5 Å². The molecule has 2 rings (SSSR count). The standard InChI is InChI=1S/C16H27NO2/c1-3-14-6-4-7-15(10-14)19-13(2)11-17-12-16-8-5-9-18-16/h5,8-9,13-15,17H,3-4,6-7,10-12H2,1-2H3. The van der Waals surface area contributed by atoms with E-state index in [2.05, 4.69) is 19.2 Å². The van der Waals surface area contributed by atoms with Crippen molar-refractivity contribution in [2.45, 2.75) is 64.7 Å². The lowest BCUT2D eigenvalue weighted by Crippen LogP contribution is -2.32. The van der Waals surface area contributed by atoms with E-state index in [0.717, 1.165) is 24.8 Å². The molecule has 0 aromatic carbocycles. The number of hydrogen-bond acceptors (Lipinski definition) is 3. The first-order chi connectivity index (χ1) is 9.28. The van der Waals surface area contributed by atoms with E-state index in [0.29, 0.717) is 6.10 Å².